The average Bonchev–Trinajstić information content (AvgIpc) is 3.04. The molecule has 43 heavy (non-hydrogen) atoms. The van der Waals surface area contributed by atoms with Crippen molar-refractivity contribution in [2.75, 3.05) is 62.9 Å². The number of hydrazine groups is 1. The second-order valence-electron chi connectivity index (χ2n) is 11.4. The van der Waals surface area contributed by atoms with Crippen molar-refractivity contribution in [3.05, 3.63) is 48.2 Å². The molecule has 1 unspecified atom stereocenters. The number of carbonyl (C=O) groups is 1. The van der Waals surface area contributed by atoms with E-state index >= 15 is 0 Å². The second kappa shape index (κ2) is 14.4. The van der Waals surface area contributed by atoms with Crippen LogP contribution >= 0.6 is 0 Å². The Hall–Kier alpha value is -4.07. The molecule has 2 saturated heterocycles. The van der Waals surface area contributed by atoms with E-state index < -0.39 is 0 Å². The molecule has 0 bridgehead atoms. The van der Waals surface area contributed by atoms with Gasteiger partial charge in [0.05, 0.1) is 42.3 Å². The molecule has 2 fully saturated rings. The van der Waals surface area contributed by atoms with Crippen LogP contribution < -0.4 is 29.4 Å². The molecule has 1 aromatic heterocycles. The molecular formula is C33H42N6O4. The molecule has 10 nitrogen and oxygen atoms in total. The van der Waals surface area contributed by atoms with Crippen molar-refractivity contribution < 1.29 is 19.0 Å². The van der Waals surface area contributed by atoms with Gasteiger partial charge >= 0.3 is 0 Å². The summed E-state index contributed by atoms with van der Waals surface area (Å²) >= 11 is 0. The molecule has 0 aliphatic carbocycles. The van der Waals surface area contributed by atoms with E-state index in [0.29, 0.717) is 55.8 Å². The first-order chi connectivity index (χ1) is 21.0. The summed E-state index contributed by atoms with van der Waals surface area (Å²) in [4.78, 5) is 18.9. The fourth-order valence-electron chi connectivity index (χ4n) is 5.98. The number of piperazine rings is 1. The molecule has 3 heterocycles. The van der Waals surface area contributed by atoms with Gasteiger partial charge in [0.2, 0.25) is 6.41 Å². The number of nitriles is 1. The number of methoxy groups -OCH3 is 1. The van der Waals surface area contributed by atoms with Crippen molar-refractivity contribution in [2.24, 2.45) is 5.92 Å². The van der Waals surface area contributed by atoms with E-state index in [9.17, 15) is 10.1 Å². The number of hydrogen-bond acceptors (Lipinski definition) is 9. The number of amides is 1. The number of nitrogens with zero attached hydrogens (tertiary/aromatic N) is 5. The fraction of sp³-hybridized carbons (Fsp3) is 0.485. The minimum atomic E-state index is 0.0802. The molecule has 0 saturated carbocycles. The predicted octanol–water partition coefficient (Wildman–Crippen LogP) is 4.76. The van der Waals surface area contributed by atoms with Gasteiger partial charge in [0.15, 0.2) is 11.5 Å². The first kappa shape index (κ1) is 30.4. The summed E-state index contributed by atoms with van der Waals surface area (Å²) in [6.45, 7) is 9.26. The number of nitrogens with one attached hydrogen (secondary N) is 1. The Kier molecular flexibility index (Phi) is 10.2. The van der Waals surface area contributed by atoms with Crippen LogP contribution in [0.3, 0.4) is 0 Å². The van der Waals surface area contributed by atoms with Gasteiger partial charge in [-0.05, 0) is 88.9 Å². The fourth-order valence-corrected chi connectivity index (χ4v) is 5.98. The van der Waals surface area contributed by atoms with Gasteiger partial charge in [-0.1, -0.05) is 0 Å². The molecular weight excluding hydrogens is 544 g/mol. The molecule has 228 valence electrons. The average molecular weight is 587 g/mol. The maximum Gasteiger partial charge on any atom is 0.228 e. The summed E-state index contributed by atoms with van der Waals surface area (Å²) in [7, 11) is 1.64. The lowest BCUT2D eigenvalue weighted by Crippen LogP contribution is -2.54. The molecule has 2 aliphatic rings. The zero-order valence-corrected chi connectivity index (χ0v) is 25.4. The van der Waals surface area contributed by atoms with Gasteiger partial charge in [-0.15, -0.1) is 0 Å². The first-order valence-electron chi connectivity index (χ1n) is 15.3. The third kappa shape index (κ3) is 7.29. The molecule has 2 aliphatic heterocycles. The van der Waals surface area contributed by atoms with Gasteiger partial charge in [-0.2, -0.15) is 5.26 Å². The van der Waals surface area contributed by atoms with Gasteiger partial charge in [-0.25, -0.2) is 10.0 Å². The van der Waals surface area contributed by atoms with E-state index in [2.05, 4.69) is 21.3 Å². The molecule has 2 aromatic carbocycles. The van der Waals surface area contributed by atoms with Crippen molar-refractivity contribution in [2.45, 2.75) is 45.6 Å². The number of hydrogen-bond donors (Lipinski definition) is 1. The van der Waals surface area contributed by atoms with Gasteiger partial charge in [0.25, 0.3) is 0 Å². The van der Waals surface area contributed by atoms with Crippen molar-refractivity contribution in [3.63, 3.8) is 0 Å². The van der Waals surface area contributed by atoms with Gasteiger partial charge in [-0.3, -0.25) is 9.78 Å². The number of anilines is 2. The van der Waals surface area contributed by atoms with Crippen LogP contribution in [-0.2, 0) is 4.79 Å². The smallest absolute Gasteiger partial charge is 0.228 e. The van der Waals surface area contributed by atoms with E-state index in [0.717, 1.165) is 60.4 Å². The second-order valence-corrected chi connectivity index (χ2v) is 11.4. The van der Waals surface area contributed by atoms with E-state index in [1.807, 2.05) is 55.3 Å². The van der Waals surface area contributed by atoms with Crippen molar-refractivity contribution in [1.29, 1.82) is 5.26 Å². The third-order valence-corrected chi connectivity index (χ3v) is 8.11. The van der Waals surface area contributed by atoms with E-state index in [4.69, 9.17) is 14.2 Å². The topological polar surface area (TPSA) is 103 Å². The Morgan fingerprint density at radius 1 is 1.16 bits per heavy atom. The quantitative estimate of drug-likeness (QED) is 0.238. The lowest BCUT2D eigenvalue weighted by Gasteiger charge is -2.40. The van der Waals surface area contributed by atoms with Crippen LogP contribution in [0.2, 0.25) is 0 Å². The minimum absolute atomic E-state index is 0.0802. The Balaban J connectivity index is 1.29. The molecule has 5 rings (SSSR count). The highest BCUT2D eigenvalue weighted by molar-refractivity contribution is 5.96. The number of rotatable bonds is 12. The lowest BCUT2D eigenvalue weighted by atomic mass is 9.95. The number of ether oxygens (including phenoxy) is 3. The molecule has 3 aromatic rings. The summed E-state index contributed by atoms with van der Waals surface area (Å²) in [5.41, 5.74) is 2.86. The van der Waals surface area contributed by atoms with E-state index in [-0.39, 0.29) is 6.10 Å². The Labute approximate surface area is 254 Å². The maximum atomic E-state index is 12.1. The Morgan fingerprint density at radius 2 is 1.95 bits per heavy atom. The van der Waals surface area contributed by atoms with Gasteiger partial charge < -0.3 is 24.4 Å². The largest absolute Gasteiger partial charge is 0.493 e. The van der Waals surface area contributed by atoms with Crippen LogP contribution in [0.4, 0.5) is 11.4 Å². The van der Waals surface area contributed by atoms with Crippen molar-refractivity contribution >= 4 is 28.7 Å². The summed E-state index contributed by atoms with van der Waals surface area (Å²) in [6, 6.07) is 13.7. The summed E-state index contributed by atoms with van der Waals surface area (Å²) in [5, 5.41) is 18.0. The number of benzene rings is 2. The van der Waals surface area contributed by atoms with E-state index in [1.54, 1.807) is 18.3 Å². The number of fused-ring (bicyclic) bond motifs is 1. The normalized spacial score (nSPS) is 17.5. The van der Waals surface area contributed by atoms with Crippen molar-refractivity contribution in [3.8, 4) is 23.3 Å². The zero-order valence-electron chi connectivity index (χ0n) is 25.4. The van der Waals surface area contributed by atoms with Crippen LogP contribution in [0.5, 0.6) is 17.2 Å². The first-order valence-corrected chi connectivity index (χ1v) is 15.3. The minimum Gasteiger partial charge on any atom is -0.493 e. The highest BCUT2D eigenvalue weighted by Crippen LogP contribution is 2.38. The Bertz CT molecular complexity index is 1410. The standard InChI is InChI=1S/C33H42N6O4/c1-24(2)43-28-10-8-27(9-11-28)39(23-40)38-15-13-37(14-16-38)33-26(20-34)22-36-30-19-32(31(41-3)18-29(30)33)42-17-5-7-25-6-4-12-35-21-25/h8-11,18-19,22-25,35H,4-7,12-17,21H2,1-3H3. The molecule has 0 spiro atoms. The van der Waals surface area contributed by atoms with Crippen LogP contribution in [0.25, 0.3) is 10.9 Å². The zero-order chi connectivity index (χ0) is 30.2. The number of carbonyl (C=O) groups excluding carboxylic acids is 1. The van der Waals surface area contributed by atoms with Crippen LogP contribution in [-0.4, -0.2) is 75.5 Å². The number of pyridine rings is 1. The number of piperidine rings is 1. The molecule has 1 atom stereocenters. The maximum absolute atomic E-state index is 12.1. The number of aromatic nitrogens is 1. The van der Waals surface area contributed by atoms with Crippen LogP contribution in [0.1, 0.15) is 45.1 Å². The SMILES string of the molecule is COc1cc2c(N3CCN(N(C=O)c4ccc(OC(C)C)cc4)CC3)c(C#N)cnc2cc1OCCCC1CCCNC1. The molecule has 0 radical (unpaired) electrons. The summed E-state index contributed by atoms with van der Waals surface area (Å²) < 4.78 is 17.6. The summed E-state index contributed by atoms with van der Waals surface area (Å²) in [6.07, 6.45) is 7.21. The van der Waals surface area contributed by atoms with Gasteiger partial charge in [0, 0.05) is 43.8 Å². The Morgan fingerprint density at radius 3 is 2.60 bits per heavy atom. The van der Waals surface area contributed by atoms with Crippen LogP contribution in [0.15, 0.2) is 42.6 Å². The highest BCUT2D eigenvalue weighted by atomic mass is 16.5. The van der Waals surface area contributed by atoms with E-state index in [1.165, 1.54) is 12.8 Å². The predicted molar refractivity (Wildman–Crippen MR) is 168 cm³/mol. The molecule has 1 amide bonds. The lowest BCUT2D eigenvalue weighted by molar-refractivity contribution is -0.110. The van der Waals surface area contributed by atoms with Crippen molar-refractivity contribution in [1.82, 2.24) is 15.3 Å². The molecule has 10 heteroatoms. The monoisotopic (exact) mass is 586 g/mol. The van der Waals surface area contributed by atoms with Gasteiger partial charge in [0.1, 0.15) is 11.8 Å². The molecule has 1 N–H and O–H groups in total. The highest BCUT2D eigenvalue weighted by Gasteiger charge is 2.26. The third-order valence-electron chi connectivity index (χ3n) is 8.11. The summed E-state index contributed by atoms with van der Waals surface area (Å²) in [5.74, 6) is 2.77. The van der Waals surface area contributed by atoms with Crippen LogP contribution in [0, 0.1) is 17.2 Å².